The first kappa shape index (κ1) is 21.3. The molecule has 8 heteroatoms. The number of nitrogens with one attached hydrogen (secondary N) is 1. The number of hydrogen-bond acceptors (Lipinski definition) is 7. The fourth-order valence-corrected chi connectivity index (χ4v) is 5.57. The maximum atomic E-state index is 6.06. The van der Waals surface area contributed by atoms with Crippen molar-refractivity contribution in [3.05, 3.63) is 36.2 Å². The Labute approximate surface area is 195 Å². The van der Waals surface area contributed by atoms with Crippen LogP contribution in [-0.4, -0.2) is 75.8 Å². The lowest BCUT2D eigenvalue weighted by Crippen LogP contribution is -2.68. The first-order valence-corrected chi connectivity index (χ1v) is 12.4. The highest BCUT2D eigenvalue weighted by molar-refractivity contribution is 5.83. The first-order valence-electron chi connectivity index (χ1n) is 12.4. The molecule has 3 fully saturated rings. The zero-order chi connectivity index (χ0) is 22.4. The largest absolute Gasteiger partial charge is 0.379 e. The SMILES string of the molecule is C[C@@H]1COCCN1C1(N(C)C2CC2)C=Cc2ccnc(-c3ccnn3C3CCCCO3)c2N1. The summed E-state index contributed by atoms with van der Waals surface area (Å²) in [5, 5.41) is 8.63. The molecule has 3 aliphatic heterocycles. The molecule has 2 saturated heterocycles. The van der Waals surface area contributed by atoms with E-state index in [2.05, 4.69) is 58.5 Å². The van der Waals surface area contributed by atoms with Crippen molar-refractivity contribution in [2.24, 2.45) is 0 Å². The number of fused-ring (bicyclic) bond motifs is 1. The standard InChI is InChI=1S/C25H34N6O2/c1-18-17-32-16-14-30(18)25(29(2)20-6-7-20)11-8-19-9-12-26-24(23(19)28-25)21-10-13-27-31(21)22-5-3-4-15-33-22/h8-13,18,20,22,28H,3-7,14-17H2,1-2H3/t18-,22?,25?/m1/s1. The minimum absolute atomic E-state index is 0.0290. The highest BCUT2D eigenvalue weighted by Crippen LogP contribution is 2.43. The average Bonchev–Trinajstić information content (AvgIpc) is 3.60. The second kappa shape index (κ2) is 8.51. The first-order chi connectivity index (χ1) is 16.2. The zero-order valence-electron chi connectivity index (χ0n) is 19.6. The monoisotopic (exact) mass is 450 g/mol. The summed E-state index contributed by atoms with van der Waals surface area (Å²) in [5.41, 5.74) is 4.14. The molecule has 2 aromatic heterocycles. The van der Waals surface area contributed by atoms with E-state index in [9.17, 15) is 0 Å². The average molecular weight is 451 g/mol. The fourth-order valence-electron chi connectivity index (χ4n) is 5.57. The van der Waals surface area contributed by atoms with Crippen LogP contribution in [0.25, 0.3) is 17.5 Å². The minimum atomic E-state index is -0.415. The van der Waals surface area contributed by atoms with Crippen molar-refractivity contribution in [2.75, 3.05) is 38.7 Å². The molecule has 1 N–H and O–H groups in total. The van der Waals surface area contributed by atoms with Crippen LogP contribution in [0.2, 0.25) is 0 Å². The summed E-state index contributed by atoms with van der Waals surface area (Å²) in [7, 11) is 2.25. The summed E-state index contributed by atoms with van der Waals surface area (Å²) in [5.74, 6) is -0.415. The molecule has 2 unspecified atom stereocenters. The van der Waals surface area contributed by atoms with Crippen LogP contribution in [0.4, 0.5) is 5.69 Å². The van der Waals surface area contributed by atoms with Crippen LogP contribution in [-0.2, 0) is 9.47 Å². The van der Waals surface area contributed by atoms with Crippen molar-refractivity contribution in [1.29, 1.82) is 0 Å². The van der Waals surface area contributed by atoms with Gasteiger partial charge in [0.05, 0.1) is 24.6 Å². The zero-order valence-corrected chi connectivity index (χ0v) is 19.6. The van der Waals surface area contributed by atoms with Gasteiger partial charge in [0, 0.05) is 43.2 Å². The Kier molecular flexibility index (Phi) is 5.49. The Morgan fingerprint density at radius 3 is 2.85 bits per heavy atom. The van der Waals surface area contributed by atoms with Gasteiger partial charge < -0.3 is 14.8 Å². The molecule has 0 bridgehead atoms. The van der Waals surface area contributed by atoms with Gasteiger partial charge in [-0.25, -0.2) is 4.68 Å². The van der Waals surface area contributed by atoms with Gasteiger partial charge in [-0.1, -0.05) is 6.08 Å². The van der Waals surface area contributed by atoms with Gasteiger partial charge in [-0.05, 0) is 64.3 Å². The van der Waals surface area contributed by atoms with E-state index in [-0.39, 0.29) is 6.23 Å². The van der Waals surface area contributed by atoms with Gasteiger partial charge in [0.15, 0.2) is 12.0 Å². The number of anilines is 1. The molecular formula is C25H34N6O2. The predicted octanol–water partition coefficient (Wildman–Crippen LogP) is 3.55. The Balaban J connectivity index is 1.42. The Hall–Kier alpha value is -2.26. The van der Waals surface area contributed by atoms with E-state index in [1.165, 1.54) is 12.8 Å². The van der Waals surface area contributed by atoms with Crippen LogP contribution < -0.4 is 5.32 Å². The van der Waals surface area contributed by atoms with E-state index in [4.69, 9.17) is 14.5 Å². The summed E-state index contributed by atoms with van der Waals surface area (Å²) in [6, 6.07) is 5.04. The van der Waals surface area contributed by atoms with Crippen molar-refractivity contribution in [1.82, 2.24) is 24.6 Å². The van der Waals surface area contributed by atoms with Gasteiger partial charge in [-0.3, -0.25) is 14.8 Å². The number of rotatable bonds is 5. The van der Waals surface area contributed by atoms with Crippen LogP contribution in [0.15, 0.2) is 30.6 Å². The predicted molar refractivity (Wildman–Crippen MR) is 127 cm³/mol. The maximum absolute atomic E-state index is 6.06. The van der Waals surface area contributed by atoms with E-state index in [0.717, 1.165) is 68.3 Å². The van der Waals surface area contributed by atoms with Gasteiger partial charge >= 0.3 is 0 Å². The van der Waals surface area contributed by atoms with Gasteiger partial charge in [-0.15, -0.1) is 0 Å². The van der Waals surface area contributed by atoms with Crippen molar-refractivity contribution in [3.63, 3.8) is 0 Å². The van der Waals surface area contributed by atoms with Crippen molar-refractivity contribution < 1.29 is 9.47 Å². The summed E-state index contributed by atoms with van der Waals surface area (Å²) >= 11 is 0. The van der Waals surface area contributed by atoms with E-state index in [1.807, 2.05) is 17.1 Å². The van der Waals surface area contributed by atoms with Crippen LogP contribution in [0.1, 0.15) is 50.8 Å². The molecule has 0 spiro atoms. The lowest BCUT2D eigenvalue weighted by Gasteiger charge is -2.53. The molecule has 8 nitrogen and oxygen atoms in total. The van der Waals surface area contributed by atoms with Crippen molar-refractivity contribution >= 4 is 11.8 Å². The molecule has 0 radical (unpaired) electrons. The molecule has 2 aromatic rings. The molecule has 3 atom stereocenters. The smallest absolute Gasteiger partial charge is 0.169 e. The summed E-state index contributed by atoms with van der Waals surface area (Å²) in [6.45, 7) is 5.42. The molecule has 1 aliphatic carbocycles. The van der Waals surface area contributed by atoms with Crippen LogP contribution in [0.5, 0.6) is 0 Å². The van der Waals surface area contributed by atoms with Crippen molar-refractivity contribution in [3.8, 4) is 11.4 Å². The molecule has 5 heterocycles. The van der Waals surface area contributed by atoms with E-state index >= 15 is 0 Å². The number of morpholine rings is 1. The lowest BCUT2D eigenvalue weighted by atomic mass is 10.00. The summed E-state index contributed by atoms with van der Waals surface area (Å²) < 4.78 is 13.9. The van der Waals surface area contributed by atoms with Gasteiger partial charge in [0.1, 0.15) is 5.69 Å². The van der Waals surface area contributed by atoms with Gasteiger partial charge in [0.2, 0.25) is 0 Å². The topological polar surface area (TPSA) is 67.7 Å². The maximum Gasteiger partial charge on any atom is 0.169 e. The number of pyridine rings is 1. The normalized spacial score (nSPS) is 30.3. The Morgan fingerprint density at radius 2 is 2.06 bits per heavy atom. The third kappa shape index (κ3) is 3.69. The Morgan fingerprint density at radius 1 is 1.15 bits per heavy atom. The van der Waals surface area contributed by atoms with E-state index in [1.54, 1.807) is 0 Å². The lowest BCUT2D eigenvalue weighted by molar-refractivity contribution is -0.0861. The second-order valence-corrected chi connectivity index (χ2v) is 9.75. The summed E-state index contributed by atoms with van der Waals surface area (Å²) in [6.07, 6.45) is 14.1. The number of hydrogen-bond donors (Lipinski definition) is 1. The highest BCUT2D eigenvalue weighted by Gasteiger charge is 2.48. The Bertz CT molecular complexity index is 1030. The van der Waals surface area contributed by atoms with Gasteiger partial charge in [0.25, 0.3) is 0 Å². The van der Waals surface area contributed by atoms with Crippen molar-refractivity contribution in [2.45, 2.75) is 63.1 Å². The summed E-state index contributed by atoms with van der Waals surface area (Å²) in [4.78, 5) is 9.92. The minimum Gasteiger partial charge on any atom is -0.379 e. The quantitative estimate of drug-likeness (QED) is 0.747. The number of nitrogens with zero attached hydrogens (tertiary/aromatic N) is 5. The third-order valence-electron chi connectivity index (χ3n) is 7.57. The van der Waals surface area contributed by atoms with Crippen LogP contribution >= 0.6 is 0 Å². The van der Waals surface area contributed by atoms with Gasteiger partial charge in [-0.2, -0.15) is 5.10 Å². The third-order valence-corrected chi connectivity index (χ3v) is 7.57. The molecule has 176 valence electrons. The number of ether oxygens (including phenoxy) is 2. The van der Waals surface area contributed by atoms with Crippen LogP contribution in [0, 0.1) is 0 Å². The molecular weight excluding hydrogens is 416 g/mol. The van der Waals surface area contributed by atoms with Crippen LogP contribution in [0.3, 0.4) is 0 Å². The molecule has 0 aromatic carbocycles. The molecule has 4 aliphatic rings. The molecule has 33 heavy (non-hydrogen) atoms. The molecule has 1 saturated carbocycles. The van der Waals surface area contributed by atoms with E-state index < -0.39 is 5.79 Å². The molecule has 6 rings (SSSR count). The molecule has 0 amide bonds. The highest BCUT2D eigenvalue weighted by atomic mass is 16.5. The second-order valence-electron chi connectivity index (χ2n) is 9.75. The number of aromatic nitrogens is 3. The number of likely N-dealkylation sites (N-methyl/N-ethyl adjacent to an activating group) is 1. The van der Waals surface area contributed by atoms with E-state index in [0.29, 0.717) is 12.1 Å². The fraction of sp³-hybridized carbons (Fsp3) is 0.600.